The van der Waals surface area contributed by atoms with Crippen molar-refractivity contribution in [2.24, 2.45) is 7.05 Å². The molecule has 1 fully saturated rings. The molecular formula is C14H16N6O3S. The van der Waals surface area contributed by atoms with Crippen LogP contribution in [0.3, 0.4) is 0 Å². The molecule has 0 radical (unpaired) electrons. The van der Waals surface area contributed by atoms with Gasteiger partial charge in [0.1, 0.15) is 12.2 Å². The van der Waals surface area contributed by atoms with Crippen molar-refractivity contribution in [2.45, 2.75) is 24.0 Å². The molecule has 3 heterocycles. The Balaban J connectivity index is 1.76. The van der Waals surface area contributed by atoms with Crippen molar-refractivity contribution in [1.29, 1.82) is 5.26 Å². The lowest BCUT2D eigenvalue weighted by Gasteiger charge is -2.31. The summed E-state index contributed by atoms with van der Waals surface area (Å²) in [5, 5.41) is 9.05. The van der Waals surface area contributed by atoms with E-state index in [4.69, 9.17) is 10.00 Å². The summed E-state index contributed by atoms with van der Waals surface area (Å²) in [5.41, 5.74) is 0.0854. The number of nitrogens with zero attached hydrogens (tertiary/aromatic N) is 6. The monoisotopic (exact) mass is 348 g/mol. The van der Waals surface area contributed by atoms with E-state index >= 15 is 0 Å². The van der Waals surface area contributed by atoms with E-state index in [1.807, 2.05) is 6.07 Å². The number of aromatic nitrogens is 4. The molecule has 0 bridgehead atoms. The second-order valence-corrected chi connectivity index (χ2v) is 7.33. The lowest BCUT2D eigenvalue weighted by molar-refractivity contribution is 0.123. The van der Waals surface area contributed by atoms with Crippen molar-refractivity contribution in [1.82, 2.24) is 23.8 Å². The second-order valence-electron chi connectivity index (χ2n) is 5.44. The van der Waals surface area contributed by atoms with E-state index < -0.39 is 10.0 Å². The van der Waals surface area contributed by atoms with Gasteiger partial charge in [0, 0.05) is 32.2 Å². The molecule has 2 aromatic heterocycles. The summed E-state index contributed by atoms with van der Waals surface area (Å²) >= 11 is 0. The van der Waals surface area contributed by atoms with Gasteiger partial charge in [0.15, 0.2) is 5.03 Å². The molecule has 0 saturated carbocycles. The van der Waals surface area contributed by atoms with E-state index in [-0.39, 0.29) is 29.2 Å². The van der Waals surface area contributed by atoms with Gasteiger partial charge in [0.25, 0.3) is 15.9 Å². The number of nitriles is 1. The maximum atomic E-state index is 12.6. The number of sulfonamides is 1. The van der Waals surface area contributed by atoms with Crippen molar-refractivity contribution in [3.05, 3.63) is 30.6 Å². The van der Waals surface area contributed by atoms with Gasteiger partial charge in [-0.05, 0) is 12.8 Å². The van der Waals surface area contributed by atoms with Gasteiger partial charge >= 0.3 is 0 Å². The minimum Gasteiger partial charge on any atom is -0.471 e. The van der Waals surface area contributed by atoms with Crippen LogP contribution in [0.4, 0.5) is 0 Å². The number of ether oxygens (including phenoxy) is 1. The van der Waals surface area contributed by atoms with E-state index in [0.29, 0.717) is 19.4 Å². The molecular weight excluding hydrogens is 332 g/mol. The van der Waals surface area contributed by atoms with Gasteiger partial charge in [-0.3, -0.25) is 0 Å². The predicted molar refractivity (Wildman–Crippen MR) is 82.4 cm³/mol. The standard InChI is InChI=1S/C14H16N6O3S/c1-19-9-13(18-10-19)24(21,22)20-6-2-3-11(8-20)23-14-12(7-15)16-4-5-17-14/h4-5,9-11H,2-3,6,8H2,1H3. The minimum absolute atomic E-state index is 0.0165. The van der Waals surface area contributed by atoms with Gasteiger partial charge in [-0.25, -0.2) is 23.4 Å². The smallest absolute Gasteiger partial charge is 0.262 e. The van der Waals surface area contributed by atoms with Crippen LogP contribution < -0.4 is 4.74 Å². The van der Waals surface area contributed by atoms with Crippen molar-refractivity contribution in [2.75, 3.05) is 13.1 Å². The van der Waals surface area contributed by atoms with E-state index in [2.05, 4.69) is 15.0 Å². The van der Waals surface area contributed by atoms with Gasteiger partial charge < -0.3 is 9.30 Å². The predicted octanol–water partition coefficient (Wildman–Crippen LogP) is 0.314. The molecule has 1 aliphatic rings. The molecule has 2 aromatic rings. The maximum absolute atomic E-state index is 12.6. The number of aryl methyl sites for hydroxylation is 1. The Morgan fingerprint density at radius 1 is 1.33 bits per heavy atom. The zero-order valence-electron chi connectivity index (χ0n) is 13.0. The third-order valence-corrected chi connectivity index (χ3v) is 5.43. The van der Waals surface area contributed by atoms with E-state index in [1.54, 1.807) is 11.6 Å². The lowest BCUT2D eigenvalue weighted by Crippen LogP contribution is -2.44. The molecule has 0 aromatic carbocycles. The number of imidazole rings is 1. The highest BCUT2D eigenvalue weighted by Crippen LogP contribution is 2.22. The Morgan fingerprint density at radius 2 is 2.12 bits per heavy atom. The number of rotatable bonds is 4. The zero-order valence-corrected chi connectivity index (χ0v) is 13.8. The molecule has 1 saturated heterocycles. The Morgan fingerprint density at radius 3 is 2.83 bits per heavy atom. The van der Waals surface area contributed by atoms with Crippen LogP contribution >= 0.6 is 0 Å². The second kappa shape index (κ2) is 6.54. The molecule has 10 heteroatoms. The summed E-state index contributed by atoms with van der Waals surface area (Å²) in [6, 6.07) is 1.91. The summed E-state index contributed by atoms with van der Waals surface area (Å²) in [5.74, 6) is 0.127. The van der Waals surface area contributed by atoms with Crippen LogP contribution in [0.15, 0.2) is 29.9 Å². The van der Waals surface area contributed by atoms with E-state index in [9.17, 15) is 8.42 Å². The average Bonchev–Trinajstić information content (AvgIpc) is 3.03. The number of hydrogen-bond acceptors (Lipinski definition) is 7. The fourth-order valence-electron chi connectivity index (χ4n) is 2.52. The van der Waals surface area contributed by atoms with Gasteiger partial charge in [0.05, 0.1) is 12.9 Å². The van der Waals surface area contributed by atoms with Crippen LogP contribution in [0.25, 0.3) is 0 Å². The molecule has 3 rings (SSSR count). The fraction of sp³-hybridized carbons (Fsp3) is 0.429. The van der Waals surface area contributed by atoms with Crippen LogP contribution in [0, 0.1) is 11.3 Å². The third-order valence-electron chi connectivity index (χ3n) is 3.68. The summed E-state index contributed by atoms with van der Waals surface area (Å²) in [6.07, 6.45) is 6.70. The largest absolute Gasteiger partial charge is 0.471 e. The molecule has 1 unspecified atom stereocenters. The molecule has 0 spiro atoms. The van der Waals surface area contributed by atoms with E-state index in [0.717, 1.165) is 0 Å². The number of hydrogen-bond donors (Lipinski definition) is 0. The Bertz CT molecular complexity index is 873. The molecule has 0 aliphatic carbocycles. The van der Waals surface area contributed by atoms with Crippen LogP contribution in [0.1, 0.15) is 18.5 Å². The first-order chi connectivity index (χ1) is 11.5. The fourth-order valence-corrected chi connectivity index (χ4v) is 4.00. The third kappa shape index (κ3) is 3.22. The molecule has 0 amide bonds. The van der Waals surface area contributed by atoms with Crippen molar-refractivity contribution in [3.63, 3.8) is 0 Å². The van der Waals surface area contributed by atoms with Crippen LogP contribution in [0.2, 0.25) is 0 Å². The molecule has 9 nitrogen and oxygen atoms in total. The topological polar surface area (TPSA) is 114 Å². The summed E-state index contributed by atoms with van der Waals surface area (Å²) in [6.45, 7) is 0.588. The molecule has 1 aliphatic heterocycles. The Hall–Kier alpha value is -2.51. The van der Waals surface area contributed by atoms with Crippen LogP contribution in [-0.4, -0.2) is 51.4 Å². The highest BCUT2D eigenvalue weighted by molar-refractivity contribution is 7.89. The van der Waals surface area contributed by atoms with Crippen molar-refractivity contribution < 1.29 is 13.2 Å². The lowest BCUT2D eigenvalue weighted by atomic mass is 10.1. The Labute approximate surface area is 139 Å². The van der Waals surface area contributed by atoms with Gasteiger partial charge in [-0.2, -0.15) is 9.57 Å². The molecule has 24 heavy (non-hydrogen) atoms. The van der Waals surface area contributed by atoms with Crippen LogP contribution in [-0.2, 0) is 17.1 Å². The van der Waals surface area contributed by atoms with Gasteiger partial charge in [0.2, 0.25) is 5.69 Å². The highest BCUT2D eigenvalue weighted by atomic mass is 32.2. The Kier molecular flexibility index (Phi) is 4.46. The van der Waals surface area contributed by atoms with Gasteiger partial charge in [-0.15, -0.1) is 0 Å². The SMILES string of the molecule is Cn1cnc(S(=O)(=O)N2CCCC(Oc3nccnc3C#N)C2)c1. The maximum Gasteiger partial charge on any atom is 0.262 e. The number of piperidine rings is 1. The molecule has 1 atom stereocenters. The highest BCUT2D eigenvalue weighted by Gasteiger charge is 2.33. The van der Waals surface area contributed by atoms with Gasteiger partial charge in [-0.1, -0.05) is 0 Å². The average molecular weight is 348 g/mol. The molecule has 126 valence electrons. The normalized spacial score (nSPS) is 18.9. The summed E-state index contributed by atoms with van der Waals surface area (Å²) in [4.78, 5) is 11.8. The summed E-state index contributed by atoms with van der Waals surface area (Å²) < 4.78 is 33.9. The quantitative estimate of drug-likeness (QED) is 0.781. The zero-order chi connectivity index (χ0) is 17.2. The minimum atomic E-state index is -3.66. The first-order valence-corrected chi connectivity index (χ1v) is 8.80. The first kappa shape index (κ1) is 16.4. The van der Waals surface area contributed by atoms with E-state index in [1.165, 1.54) is 29.2 Å². The van der Waals surface area contributed by atoms with Crippen LogP contribution in [0.5, 0.6) is 5.88 Å². The molecule has 0 N–H and O–H groups in total. The first-order valence-electron chi connectivity index (χ1n) is 7.36. The van der Waals surface area contributed by atoms with Crippen molar-refractivity contribution >= 4 is 10.0 Å². The summed E-state index contributed by atoms with van der Waals surface area (Å²) in [7, 11) is -1.95. The van der Waals surface area contributed by atoms with Crippen molar-refractivity contribution in [3.8, 4) is 11.9 Å².